The van der Waals surface area contributed by atoms with Crippen molar-refractivity contribution in [2.75, 3.05) is 24.2 Å². The summed E-state index contributed by atoms with van der Waals surface area (Å²) in [6.07, 6.45) is 3.68. The van der Waals surface area contributed by atoms with Crippen molar-refractivity contribution in [1.82, 2.24) is 15.0 Å². The Labute approximate surface area is 147 Å². The summed E-state index contributed by atoms with van der Waals surface area (Å²) in [5.41, 5.74) is 0.0779. The van der Waals surface area contributed by atoms with Crippen LogP contribution in [0.15, 0.2) is 5.16 Å². The molecule has 0 aromatic carbocycles. The van der Waals surface area contributed by atoms with Crippen LogP contribution in [-0.4, -0.2) is 45.5 Å². The van der Waals surface area contributed by atoms with Crippen LogP contribution in [0.25, 0.3) is 10.9 Å². The van der Waals surface area contributed by atoms with E-state index in [2.05, 4.69) is 15.0 Å². The molecule has 1 unspecified atom stereocenters. The summed E-state index contributed by atoms with van der Waals surface area (Å²) in [6, 6.07) is 0. The van der Waals surface area contributed by atoms with Crippen LogP contribution >= 0.6 is 35.0 Å². The van der Waals surface area contributed by atoms with Gasteiger partial charge < -0.3 is 10.0 Å². The average Bonchev–Trinajstić information content (AvgIpc) is 2.76. The summed E-state index contributed by atoms with van der Waals surface area (Å²) in [6.45, 7) is 1.32. The van der Waals surface area contributed by atoms with Crippen molar-refractivity contribution in [3.05, 3.63) is 16.1 Å². The molecule has 1 aliphatic rings. The Morgan fingerprint density at radius 1 is 1.17 bits per heavy atom. The van der Waals surface area contributed by atoms with Crippen molar-refractivity contribution < 1.29 is 9.50 Å². The first-order chi connectivity index (χ1) is 11.0. The van der Waals surface area contributed by atoms with Crippen molar-refractivity contribution in [3.63, 3.8) is 0 Å². The van der Waals surface area contributed by atoms with E-state index in [0.29, 0.717) is 35.9 Å². The third kappa shape index (κ3) is 3.33. The molecule has 3 rings (SSSR count). The lowest BCUT2D eigenvalue weighted by molar-refractivity contribution is 0.161. The summed E-state index contributed by atoms with van der Waals surface area (Å²) in [4.78, 5) is 14.5. The Balaban J connectivity index is 2.20. The highest BCUT2D eigenvalue weighted by Crippen LogP contribution is 2.35. The van der Waals surface area contributed by atoms with Crippen LogP contribution in [0.1, 0.15) is 19.3 Å². The van der Waals surface area contributed by atoms with Gasteiger partial charge in [0.1, 0.15) is 16.5 Å². The van der Waals surface area contributed by atoms with E-state index < -0.39 is 5.82 Å². The largest absolute Gasteiger partial charge is 0.393 e. The Kier molecular flexibility index (Phi) is 5.10. The number of hydrogen-bond acceptors (Lipinski definition) is 6. The van der Waals surface area contributed by atoms with Crippen molar-refractivity contribution in [2.24, 2.45) is 0 Å². The molecule has 23 heavy (non-hydrogen) atoms. The highest BCUT2D eigenvalue weighted by atomic mass is 35.5. The lowest BCUT2D eigenvalue weighted by Gasteiger charge is -2.23. The van der Waals surface area contributed by atoms with Crippen molar-refractivity contribution >= 4 is 51.7 Å². The molecule has 0 spiro atoms. The van der Waals surface area contributed by atoms with Crippen LogP contribution in [0.5, 0.6) is 0 Å². The maximum atomic E-state index is 14.4. The van der Waals surface area contributed by atoms with Gasteiger partial charge in [-0.2, -0.15) is 0 Å². The van der Waals surface area contributed by atoms with E-state index in [4.69, 9.17) is 23.2 Å². The molecule has 0 aliphatic carbocycles. The second-order valence-electron chi connectivity index (χ2n) is 5.34. The summed E-state index contributed by atoms with van der Waals surface area (Å²) in [5.74, 6) is -0.151. The van der Waals surface area contributed by atoms with Crippen molar-refractivity contribution in [2.45, 2.75) is 30.5 Å². The molecule has 0 amide bonds. The summed E-state index contributed by atoms with van der Waals surface area (Å²) in [7, 11) is 0. The Hall–Kier alpha value is -0.890. The fourth-order valence-corrected chi connectivity index (χ4v) is 3.51. The van der Waals surface area contributed by atoms with Gasteiger partial charge in [0, 0.05) is 13.1 Å². The second-order valence-corrected chi connectivity index (χ2v) is 6.83. The molecule has 9 heteroatoms. The highest BCUT2D eigenvalue weighted by molar-refractivity contribution is 7.98. The van der Waals surface area contributed by atoms with Gasteiger partial charge in [-0.15, -0.1) is 0 Å². The van der Waals surface area contributed by atoms with Crippen LogP contribution in [0, 0.1) is 5.82 Å². The number of pyridine rings is 1. The third-order valence-corrected chi connectivity index (χ3v) is 4.91. The molecule has 3 heterocycles. The quantitative estimate of drug-likeness (QED) is 0.491. The number of aliphatic hydroxyl groups excluding tert-OH is 1. The zero-order valence-electron chi connectivity index (χ0n) is 12.4. The first-order valence-corrected chi connectivity index (χ1v) is 9.18. The first-order valence-electron chi connectivity index (χ1n) is 7.20. The minimum absolute atomic E-state index is 0.0779. The maximum Gasteiger partial charge on any atom is 0.189 e. The molecule has 5 nitrogen and oxygen atoms in total. The van der Waals surface area contributed by atoms with Gasteiger partial charge >= 0.3 is 0 Å². The summed E-state index contributed by atoms with van der Waals surface area (Å²) >= 11 is 13.3. The number of rotatable bonds is 2. The fraction of sp³-hybridized carbons (Fsp3) is 0.500. The molecule has 1 atom stereocenters. The molecule has 2 aromatic heterocycles. The number of halogens is 3. The number of anilines is 1. The molecule has 2 aromatic rings. The number of hydrogen-bond donors (Lipinski definition) is 1. The van der Waals surface area contributed by atoms with Gasteiger partial charge in [-0.1, -0.05) is 35.0 Å². The second kappa shape index (κ2) is 6.93. The molecule has 1 saturated heterocycles. The molecule has 0 bridgehead atoms. The van der Waals surface area contributed by atoms with Gasteiger partial charge in [0.2, 0.25) is 0 Å². The molecule has 0 saturated carbocycles. The number of thioether (sulfide) groups is 1. The molecular weight excluding hydrogens is 362 g/mol. The topological polar surface area (TPSA) is 62.1 Å². The van der Waals surface area contributed by atoms with Crippen LogP contribution < -0.4 is 4.90 Å². The Morgan fingerprint density at radius 2 is 1.96 bits per heavy atom. The predicted molar refractivity (Wildman–Crippen MR) is 91.2 cm³/mol. The predicted octanol–water partition coefficient (Wildman–Crippen LogP) is 3.54. The first kappa shape index (κ1) is 17.0. The van der Waals surface area contributed by atoms with Crippen molar-refractivity contribution in [1.29, 1.82) is 0 Å². The van der Waals surface area contributed by atoms with Gasteiger partial charge in [-0.25, -0.2) is 19.3 Å². The smallest absolute Gasteiger partial charge is 0.189 e. The van der Waals surface area contributed by atoms with Gasteiger partial charge in [0.15, 0.2) is 16.1 Å². The molecule has 1 N–H and O–H groups in total. The van der Waals surface area contributed by atoms with E-state index >= 15 is 0 Å². The van der Waals surface area contributed by atoms with Crippen molar-refractivity contribution in [3.8, 4) is 0 Å². The SMILES string of the molecule is CSc1nc(N2CCCC(O)CC2)c2c(Cl)nc(Cl)c(F)c2n1. The maximum absolute atomic E-state index is 14.4. The number of fused-ring (bicyclic) bond motifs is 1. The van der Waals surface area contributed by atoms with Gasteiger partial charge in [0.05, 0.1) is 11.5 Å². The lowest BCUT2D eigenvalue weighted by Crippen LogP contribution is -2.26. The van der Waals surface area contributed by atoms with E-state index in [1.54, 1.807) is 0 Å². The lowest BCUT2D eigenvalue weighted by atomic mass is 10.2. The number of aliphatic hydroxyl groups is 1. The average molecular weight is 377 g/mol. The Bertz CT molecular complexity index is 749. The standard InChI is InChI=1S/C14H15Cl2FN4OS/c1-23-14-18-10-8(11(15)19-12(16)9(10)17)13(20-14)21-5-2-3-7(22)4-6-21/h7,22H,2-6H2,1H3. The molecule has 1 fully saturated rings. The minimum Gasteiger partial charge on any atom is -0.393 e. The molecule has 1 aliphatic heterocycles. The third-order valence-electron chi connectivity index (χ3n) is 3.84. The van der Waals surface area contributed by atoms with Gasteiger partial charge in [-0.05, 0) is 25.5 Å². The number of nitrogens with zero attached hydrogens (tertiary/aromatic N) is 4. The van der Waals surface area contributed by atoms with Crippen LogP contribution in [-0.2, 0) is 0 Å². The van der Waals surface area contributed by atoms with Crippen LogP contribution in [0.4, 0.5) is 10.2 Å². The molecule has 0 radical (unpaired) electrons. The van der Waals surface area contributed by atoms with Gasteiger partial charge in [0.25, 0.3) is 0 Å². The zero-order valence-corrected chi connectivity index (χ0v) is 14.7. The normalized spacial score (nSPS) is 19.2. The molecular formula is C14H15Cl2FN4OS. The van der Waals surface area contributed by atoms with E-state index in [1.165, 1.54) is 11.8 Å². The summed E-state index contributed by atoms with van der Waals surface area (Å²) < 4.78 is 14.4. The fourth-order valence-electron chi connectivity index (χ4n) is 2.68. The molecule has 124 valence electrons. The summed E-state index contributed by atoms with van der Waals surface area (Å²) in [5, 5.41) is 10.4. The van der Waals surface area contributed by atoms with E-state index in [9.17, 15) is 9.50 Å². The van der Waals surface area contributed by atoms with E-state index in [1.807, 2.05) is 11.2 Å². The van der Waals surface area contributed by atoms with Crippen LogP contribution in [0.3, 0.4) is 0 Å². The van der Waals surface area contributed by atoms with Crippen LogP contribution in [0.2, 0.25) is 10.3 Å². The minimum atomic E-state index is -0.695. The monoisotopic (exact) mass is 376 g/mol. The zero-order chi connectivity index (χ0) is 16.6. The highest BCUT2D eigenvalue weighted by Gasteiger charge is 2.24. The van der Waals surface area contributed by atoms with Gasteiger partial charge in [-0.3, -0.25) is 0 Å². The Morgan fingerprint density at radius 3 is 2.70 bits per heavy atom. The number of aromatic nitrogens is 3. The van der Waals surface area contributed by atoms with E-state index in [-0.39, 0.29) is 21.9 Å². The van der Waals surface area contributed by atoms with E-state index in [0.717, 1.165) is 12.8 Å².